The van der Waals surface area contributed by atoms with Crippen molar-refractivity contribution in [3.63, 3.8) is 0 Å². The lowest BCUT2D eigenvalue weighted by molar-refractivity contribution is 0.0613. The number of nitrogens with zero attached hydrogens (tertiary/aromatic N) is 4. The zero-order chi connectivity index (χ0) is 18.1. The Labute approximate surface area is 163 Å². The fourth-order valence-corrected chi connectivity index (χ4v) is 3.31. The minimum atomic E-state index is -0.132. The first kappa shape index (κ1) is 19.1. The molecule has 1 N–H and O–H groups in total. The molecule has 3 heterocycles. The molecule has 8 heteroatoms. The number of oxazole rings is 1. The summed E-state index contributed by atoms with van der Waals surface area (Å²) in [6, 6.07) is 9.48. The molecule has 1 atom stereocenters. The lowest BCUT2D eigenvalue weighted by atomic mass is 10.1. The molecule has 0 aliphatic carbocycles. The van der Waals surface area contributed by atoms with Crippen LogP contribution >= 0.6 is 12.4 Å². The number of piperazine rings is 1. The summed E-state index contributed by atoms with van der Waals surface area (Å²) in [6.07, 6.45) is 3.64. The molecule has 1 aromatic carbocycles. The molecule has 1 saturated heterocycles. The summed E-state index contributed by atoms with van der Waals surface area (Å²) in [5.74, 6) is 1.74. The van der Waals surface area contributed by atoms with E-state index in [4.69, 9.17) is 4.42 Å². The van der Waals surface area contributed by atoms with Crippen molar-refractivity contribution in [2.24, 2.45) is 7.05 Å². The Morgan fingerprint density at radius 1 is 1.30 bits per heavy atom. The zero-order valence-corrected chi connectivity index (χ0v) is 16.1. The van der Waals surface area contributed by atoms with Gasteiger partial charge in [-0.3, -0.25) is 4.79 Å². The Balaban J connectivity index is 0.00000210. The number of imidazole rings is 1. The normalized spacial score (nSPS) is 16.8. The van der Waals surface area contributed by atoms with E-state index in [1.54, 1.807) is 13.1 Å². The van der Waals surface area contributed by atoms with E-state index in [0.29, 0.717) is 30.4 Å². The predicted octanol–water partition coefficient (Wildman–Crippen LogP) is 2.59. The molecule has 3 aromatic rings. The van der Waals surface area contributed by atoms with E-state index in [-0.39, 0.29) is 24.4 Å². The number of hydrogen-bond acceptors (Lipinski definition) is 5. The van der Waals surface area contributed by atoms with Crippen LogP contribution in [0.1, 0.15) is 28.1 Å². The monoisotopic (exact) mass is 387 g/mol. The van der Waals surface area contributed by atoms with E-state index in [9.17, 15) is 4.79 Å². The van der Waals surface area contributed by atoms with Crippen molar-refractivity contribution in [1.82, 2.24) is 24.8 Å². The summed E-state index contributed by atoms with van der Waals surface area (Å²) in [7, 11) is 1.94. The fraction of sp³-hybridized carbons (Fsp3) is 0.316. The number of carbonyl (C=O) groups excluding carboxylic acids is 1. The molecule has 1 fully saturated rings. The third-order valence-electron chi connectivity index (χ3n) is 4.68. The number of aryl methyl sites for hydroxylation is 2. The van der Waals surface area contributed by atoms with E-state index >= 15 is 0 Å². The number of hydrogen-bond donors (Lipinski definition) is 1. The van der Waals surface area contributed by atoms with Gasteiger partial charge in [-0.25, -0.2) is 9.97 Å². The van der Waals surface area contributed by atoms with Gasteiger partial charge >= 0.3 is 0 Å². The second kappa shape index (κ2) is 7.94. The molecule has 1 amide bonds. The number of rotatable bonds is 3. The third-order valence-corrected chi connectivity index (χ3v) is 4.68. The fourth-order valence-electron chi connectivity index (χ4n) is 3.31. The minimum absolute atomic E-state index is 0. The summed E-state index contributed by atoms with van der Waals surface area (Å²) >= 11 is 0. The lowest BCUT2D eigenvalue weighted by Gasteiger charge is -2.35. The van der Waals surface area contributed by atoms with Crippen LogP contribution in [0.15, 0.2) is 47.1 Å². The molecule has 0 spiro atoms. The number of nitrogens with one attached hydrogen (secondary N) is 1. The molecule has 1 aliphatic heterocycles. The number of aromatic nitrogens is 3. The first-order valence-corrected chi connectivity index (χ1v) is 8.67. The van der Waals surface area contributed by atoms with E-state index in [0.717, 1.165) is 17.9 Å². The molecule has 2 aromatic heterocycles. The molecular formula is C19H22ClN5O2. The van der Waals surface area contributed by atoms with E-state index in [1.807, 2.05) is 53.0 Å². The van der Waals surface area contributed by atoms with Crippen LogP contribution in [-0.2, 0) is 7.05 Å². The molecule has 142 valence electrons. The number of amides is 1. The van der Waals surface area contributed by atoms with Gasteiger partial charge in [0.1, 0.15) is 17.6 Å². The summed E-state index contributed by atoms with van der Waals surface area (Å²) in [5, 5.41) is 3.34. The Morgan fingerprint density at radius 2 is 2.07 bits per heavy atom. The number of carbonyl (C=O) groups is 1. The highest BCUT2D eigenvalue weighted by Gasteiger charge is 2.33. The van der Waals surface area contributed by atoms with Crippen molar-refractivity contribution in [1.29, 1.82) is 0 Å². The van der Waals surface area contributed by atoms with Crippen LogP contribution in [0.5, 0.6) is 0 Å². The third kappa shape index (κ3) is 3.61. The summed E-state index contributed by atoms with van der Waals surface area (Å²) < 4.78 is 7.71. The number of halogens is 1. The van der Waals surface area contributed by atoms with Crippen molar-refractivity contribution >= 4 is 18.3 Å². The largest absolute Gasteiger partial charge is 0.441 e. The molecule has 1 aliphatic rings. The van der Waals surface area contributed by atoms with Crippen LogP contribution in [0.2, 0.25) is 0 Å². The van der Waals surface area contributed by atoms with Crippen LogP contribution in [0.3, 0.4) is 0 Å². The maximum atomic E-state index is 13.2. The Kier molecular flexibility index (Phi) is 5.62. The van der Waals surface area contributed by atoms with Gasteiger partial charge in [0.15, 0.2) is 5.69 Å². The van der Waals surface area contributed by atoms with E-state index < -0.39 is 0 Å². The van der Waals surface area contributed by atoms with Gasteiger partial charge in [-0.05, 0) is 19.1 Å². The van der Waals surface area contributed by atoms with Gasteiger partial charge in [-0.2, -0.15) is 0 Å². The molecule has 0 radical (unpaired) electrons. The van der Waals surface area contributed by atoms with Crippen molar-refractivity contribution in [2.75, 3.05) is 19.6 Å². The van der Waals surface area contributed by atoms with E-state index in [2.05, 4.69) is 15.3 Å². The molecule has 4 rings (SSSR count). The average Bonchev–Trinajstić information content (AvgIpc) is 3.27. The van der Waals surface area contributed by atoms with Gasteiger partial charge in [0.05, 0.1) is 0 Å². The molecule has 1 unspecified atom stereocenters. The van der Waals surface area contributed by atoms with Gasteiger partial charge < -0.3 is 19.2 Å². The second-order valence-electron chi connectivity index (χ2n) is 6.40. The smallest absolute Gasteiger partial charge is 0.276 e. The van der Waals surface area contributed by atoms with Crippen molar-refractivity contribution in [2.45, 2.75) is 13.0 Å². The Morgan fingerprint density at radius 3 is 2.78 bits per heavy atom. The molecule has 27 heavy (non-hydrogen) atoms. The topological polar surface area (TPSA) is 76.2 Å². The Hall–Kier alpha value is -2.64. The maximum Gasteiger partial charge on any atom is 0.276 e. The predicted molar refractivity (Wildman–Crippen MR) is 104 cm³/mol. The van der Waals surface area contributed by atoms with Crippen molar-refractivity contribution in [3.05, 3.63) is 60.0 Å². The zero-order valence-electron chi connectivity index (χ0n) is 15.3. The van der Waals surface area contributed by atoms with Crippen LogP contribution in [0.25, 0.3) is 11.5 Å². The van der Waals surface area contributed by atoms with Crippen LogP contribution < -0.4 is 5.32 Å². The van der Waals surface area contributed by atoms with Gasteiger partial charge in [-0.15, -0.1) is 12.4 Å². The quantitative estimate of drug-likeness (QED) is 0.747. The SMILES string of the molecule is Cc1oc(-c2ccccc2)nc1C(=O)N1CCNCC1c1nccn1C.Cl. The lowest BCUT2D eigenvalue weighted by Crippen LogP contribution is -2.49. The van der Waals surface area contributed by atoms with Gasteiger partial charge in [0.25, 0.3) is 5.91 Å². The summed E-state index contributed by atoms with van der Waals surface area (Å²) in [6.45, 7) is 3.79. The summed E-state index contributed by atoms with van der Waals surface area (Å²) in [5.41, 5.74) is 1.22. The highest BCUT2D eigenvalue weighted by atomic mass is 35.5. The second-order valence-corrected chi connectivity index (χ2v) is 6.40. The Bertz CT molecular complexity index is 921. The minimum Gasteiger partial charge on any atom is -0.441 e. The highest BCUT2D eigenvalue weighted by molar-refractivity contribution is 5.94. The number of benzene rings is 1. The standard InChI is InChI=1S/C19H21N5O2.ClH/c1-13-16(22-18(26-13)14-6-4-3-5-7-14)19(25)24-11-8-20-12-15(24)17-21-9-10-23(17)2;/h3-7,9-10,15,20H,8,11-12H2,1-2H3;1H. The van der Waals surface area contributed by atoms with E-state index in [1.165, 1.54) is 0 Å². The van der Waals surface area contributed by atoms with Crippen molar-refractivity contribution in [3.8, 4) is 11.5 Å². The molecule has 0 bridgehead atoms. The summed E-state index contributed by atoms with van der Waals surface area (Å²) in [4.78, 5) is 24.0. The van der Waals surface area contributed by atoms with Crippen molar-refractivity contribution < 1.29 is 9.21 Å². The van der Waals surface area contributed by atoms with Crippen LogP contribution in [-0.4, -0.2) is 45.0 Å². The molecule has 0 saturated carbocycles. The highest BCUT2D eigenvalue weighted by Crippen LogP contribution is 2.26. The van der Waals surface area contributed by atoms with Gasteiger partial charge in [0, 0.05) is 44.6 Å². The molecule has 7 nitrogen and oxygen atoms in total. The van der Waals surface area contributed by atoms with Gasteiger partial charge in [-0.1, -0.05) is 18.2 Å². The van der Waals surface area contributed by atoms with Crippen LogP contribution in [0, 0.1) is 6.92 Å². The molecular weight excluding hydrogens is 366 g/mol. The maximum absolute atomic E-state index is 13.2. The van der Waals surface area contributed by atoms with Gasteiger partial charge in [0.2, 0.25) is 5.89 Å². The first-order valence-electron chi connectivity index (χ1n) is 8.67. The van der Waals surface area contributed by atoms with Crippen LogP contribution in [0.4, 0.5) is 0 Å². The first-order chi connectivity index (χ1) is 12.6. The average molecular weight is 388 g/mol.